The summed E-state index contributed by atoms with van der Waals surface area (Å²) in [5.74, 6) is 0.713. The predicted molar refractivity (Wildman–Crippen MR) is 110 cm³/mol. The van der Waals surface area contributed by atoms with Gasteiger partial charge in [0.05, 0.1) is 0 Å². The quantitative estimate of drug-likeness (QED) is 0.715. The highest BCUT2D eigenvalue weighted by Crippen LogP contribution is 2.26. The monoisotopic (exact) mass is 366 g/mol. The Morgan fingerprint density at radius 3 is 2.74 bits per heavy atom. The minimum atomic E-state index is -0.441. The Balaban J connectivity index is 1.44. The Labute approximate surface area is 162 Å². The van der Waals surface area contributed by atoms with E-state index in [-0.39, 0.29) is 5.91 Å². The third-order valence-corrected chi connectivity index (χ3v) is 5.07. The van der Waals surface area contributed by atoms with Gasteiger partial charge in [0.1, 0.15) is 5.75 Å². The van der Waals surface area contributed by atoms with Gasteiger partial charge in [-0.05, 0) is 56.4 Å². The van der Waals surface area contributed by atoms with Crippen molar-refractivity contribution in [3.8, 4) is 5.75 Å². The van der Waals surface area contributed by atoms with Gasteiger partial charge in [-0.3, -0.25) is 4.79 Å². The second kappa shape index (κ2) is 9.45. The van der Waals surface area contributed by atoms with Crippen LogP contribution in [0.5, 0.6) is 5.75 Å². The Hall–Kier alpha value is -2.49. The van der Waals surface area contributed by atoms with E-state index in [0.29, 0.717) is 13.0 Å². The Morgan fingerprint density at radius 2 is 1.96 bits per heavy atom. The van der Waals surface area contributed by atoms with Gasteiger partial charge in [0.25, 0.3) is 5.91 Å². The topological polar surface area (TPSA) is 41.6 Å². The fourth-order valence-corrected chi connectivity index (χ4v) is 3.54. The summed E-state index contributed by atoms with van der Waals surface area (Å²) in [6.07, 6.45) is 3.51. The molecule has 0 fully saturated rings. The summed E-state index contributed by atoms with van der Waals surface area (Å²) < 4.78 is 5.85. The summed E-state index contributed by atoms with van der Waals surface area (Å²) in [5, 5.41) is 3.04. The summed E-state index contributed by atoms with van der Waals surface area (Å²) >= 11 is 0. The van der Waals surface area contributed by atoms with Crippen LogP contribution in [0.25, 0.3) is 0 Å². The van der Waals surface area contributed by atoms with Gasteiger partial charge in [0, 0.05) is 25.3 Å². The maximum Gasteiger partial charge on any atom is 0.261 e. The van der Waals surface area contributed by atoms with E-state index < -0.39 is 6.10 Å². The van der Waals surface area contributed by atoms with Crippen LogP contribution in [0.2, 0.25) is 0 Å². The average molecular weight is 367 g/mol. The maximum absolute atomic E-state index is 12.4. The Kier molecular flexibility index (Phi) is 6.74. The van der Waals surface area contributed by atoms with Crippen LogP contribution in [0.1, 0.15) is 37.3 Å². The molecule has 1 N–H and O–H groups in total. The van der Waals surface area contributed by atoms with Crippen LogP contribution in [-0.4, -0.2) is 31.6 Å². The van der Waals surface area contributed by atoms with Gasteiger partial charge >= 0.3 is 0 Å². The molecule has 1 aliphatic heterocycles. The van der Waals surface area contributed by atoms with Crippen LogP contribution in [0.4, 0.5) is 5.69 Å². The first-order valence-corrected chi connectivity index (χ1v) is 10.0. The highest BCUT2D eigenvalue weighted by Gasteiger charge is 2.19. The number of rotatable bonds is 8. The molecule has 4 nitrogen and oxygen atoms in total. The minimum Gasteiger partial charge on any atom is -0.481 e. The molecule has 0 spiro atoms. The van der Waals surface area contributed by atoms with Crippen LogP contribution in [-0.2, 0) is 11.2 Å². The molecule has 0 saturated heterocycles. The number of amides is 1. The van der Waals surface area contributed by atoms with Crippen molar-refractivity contribution in [3.05, 3.63) is 59.7 Å². The average Bonchev–Trinajstić information content (AvgIpc) is 2.70. The molecule has 2 aromatic rings. The predicted octanol–water partition coefficient (Wildman–Crippen LogP) is 4.11. The molecule has 0 aliphatic carbocycles. The van der Waals surface area contributed by atoms with Gasteiger partial charge in [-0.25, -0.2) is 0 Å². The molecule has 0 saturated carbocycles. The zero-order valence-corrected chi connectivity index (χ0v) is 16.4. The molecule has 1 atom stereocenters. The van der Waals surface area contributed by atoms with Gasteiger partial charge in [0.15, 0.2) is 6.10 Å². The highest BCUT2D eigenvalue weighted by molar-refractivity contribution is 5.81. The van der Waals surface area contributed by atoms with Crippen molar-refractivity contribution in [2.45, 2.75) is 45.6 Å². The van der Waals surface area contributed by atoms with E-state index in [2.05, 4.69) is 34.5 Å². The lowest BCUT2D eigenvalue weighted by atomic mass is 10.0. The van der Waals surface area contributed by atoms with Crippen molar-refractivity contribution >= 4 is 11.6 Å². The lowest BCUT2D eigenvalue weighted by Crippen LogP contribution is -2.39. The third-order valence-electron chi connectivity index (χ3n) is 5.07. The second-order valence-electron chi connectivity index (χ2n) is 7.19. The van der Waals surface area contributed by atoms with E-state index in [4.69, 9.17) is 4.74 Å². The molecule has 1 heterocycles. The molecular weight excluding hydrogens is 336 g/mol. The molecule has 2 aromatic carbocycles. The Morgan fingerprint density at radius 1 is 1.19 bits per heavy atom. The SMILES string of the molecule is CCC(Oc1ccc(C)cc1)C(=O)NCCCN1CCCc2ccccc21. The van der Waals surface area contributed by atoms with Crippen LogP contribution in [0.15, 0.2) is 48.5 Å². The molecule has 1 amide bonds. The molecule has 144 valence electrons. The number of carbonyl (C=O) groups excluding carboxylic acids is 1. The minimum absolute atomic E-state index is 0.0304. The fraction of sp³-hybridized carbons (Fsp3) is 0.435. The van der Waals surface area contributed by atoms with Gasteiger partial charge in [-0.1, -0.05) is 42.8 Å². The number of ether oxygens (including phenoxy) is 1. The zero-order valence-electron chi connectivity index (χ0n) is 16.4. The number of fused-ring (bicyclic) bond motifs is 1. The van der Waals surface area contributed by atoms with Crippen molar-refractivity contribution in [2.75, 3.05) is 24.5 Å². The highest BCUT2D eigenvalue weighted by atomic mass is 16.5. The van der Waals surface area contributed by atoms with Crippen molar-refractivity contribution in [2.24, 2.45) is 0 Å². The number of aryl methyl sites for hydroxylation is 2. The van der Waals surface area contributed by atoms with Crippen molar-refractivity contribution in [3.63, 3.8) is 0 Å². The maximum atomic E-state index is 12.4. The van der Waals surface area contributed by atoms with Crippen LogP contribution < -0.4 is 15.0 Å². The number of benzene rings is 2. The van der Waals surface area contributed by atoms with E-state index in [1.165, 1.54) is 23.2 Å². The number of anilines is 1. The molecule has 0 radical (unpaired) electrons. The van der Waals surface area contributed by atoms with Gasteiger partial charge < -0.3 is 15.0 Å². The summed E-state index contributed by atoms with van der Waals surface area (Å²) in [4.78, 5) is 14.9. The normalized spacial score (nSPS) is 14.4. The van der Waals surface area contributed by atoms with Crippen LogP contribution in [0.3, 0.4) is 0 Å². The molecular formula is C23H30N2O2. The van der Waals surface area contributed by atoms with E-state index in [1.54, 1.807) is 0 Å². The van der Waals surface area contributed by atoms with Crippen molar-refractivity contribution in [1.29, 1.82) is 0 Å². The first kappa shape index (κ1) is 19.3. The molecule has 0 bridgehead atoms. The zero-order chi connectivity index (χ0) is 19.1. The van der Waals surface area contributed by atoms with E-state index in [0.717, 1.165) is 31.7 Å². The smallest absolute Gasteiger partial charge is 0.261 e. The van der Waals surface area contributed by atoms with E-state index in [1.807, 2.05) is 38.1 Å². The molecule has 27 heavy (non-hydrogen) atoms. The van der Waals surface area contributed by atoms with Gasteiger partial charge in [-0.15, -0.1) is 0 Å². The molecule has 3 rings (SSSR count). The number of para-hydroxylation sites is 1. The second-order valence-corrected chi connectivity index (χ2v) is 7.19. The van der Waals surface area contributed by atoms with Crippen LogP contribution in [0, 0.1) is 6.92 Å². The summed E-state index contributed by atoms with van der Waals surface area (Å²) in [6.45, 7) is 6.74. The van der Waals surface area contributed by atoms with E-state index >= 15 is 0 Å². The summed E-state index contributed by atoms with van der Waals surface area (Å²) in [7, 11) is 0. The van der Waals surface area contributed by atoms with Crippen molar-refractivity contribution < 1.29 is 9.53 Å². The molecule has 1 unspecified atom stereocenters. The van der Waals surface area contributed by atoms with Crippen LogP contribution >= 0.6 is 0 Å². The first-order valence-electron chi connectivity index (χ1n) is 10.0. The van der Waals surface area contributed by atoms with Gasteiger partial charge in [0.2, 0.25) is 0 Å². The standard InChI is InChI=1S/C23H30N2O2/c1-3-22(27-20-13-11-18(2)12-14-20)23(26)24-15-7-17-25-16-6-9-19-8-4-5-10-21(19)25/h4-5,8,10-14,22H,3,6-7,9,15-17H2,1-2H3,(H,24,26). The largest absolute Gasteiger partial charge is 0.481 e. The number of carbonyl (C=O) groups is 1. The molecule has 1 aliphatic rings. The fourth-order valence-electron chi connectivity index (χ4n) is 3.54. The summed E-state index contributed by atoms with van der Waals surface area (Å²) in [5.41, 5.74) is 3.97. The molecule has 0 aromatic heterocycles. The first-order chi connectivity index (χ1) is 13.2. The van der Waals surface area contributed by atoms with Crippen molar-refractivity contribution in [1.82, 2.24) is 5.32 Å². The lowest BCUT2D eigenvalue weighted by molar-refractivity contribution is -0.128. The number of hydrogen-bond acceptors (Lipinski definition) is 3. The number of hydrogen-bond donors (Lipinski definition) is 1. The van der Waals surface area contributed by atoms with Gasteiger partial charge in [-0.2, -0.15) is 0 Å². The Bertz CT molecular complexity index is 742. The third kappa shape index (κ3) is 5.25. The lowest BCUT2D eigenvalue weighted by Gasteiger charge is -2.31. The molecule has 4 heteroatoms. The van der Waals surface area contributed by atoms with E-state index in [9.17, 15) is 4.79 Å². The number of nitrogens with one attached hydrogen (secondary N) is 1. The summed E-state index contributed by atoms with van der Waals surface area (Å²) in [6, 6.07) is 16.5. The number of nitrogens with zero attached hydrogens (tertiary/aromatic N) is 1.